The van der Waals surface area contributed by atoms with Crippen molar-refractivity contribution >= 4 is 27.0 Å². The van der Waals surface area contributed by atoms with Crippen molar-refractivity contribution in [3.8, 4) is 0 Å². The zero-order valence-electron chi connectivity index (χ0n) is 13.9. The summed E-state index contributed by atoms with van der Waals surface area (Å²) in [6.45, 7) is 5.57. The molecule has 0 atom stereocenters. The van der Waals surface area contributed by atoms with Crippen LogP contribution >= 0.6 is 11.3 Å². The van der Waals surface area contributed by atoms with Crippen molar-refractivity contribution in [1.29, 1.82) is 0 Å². The number of aryl methyl sites for hydroxylation is 1. The number of morpholine rings is 1. The maximum Gasteiger partial charge on any atom is 0.252 e. The average molecular weight is 367 g/mol. The minimum atomic E-state index is -3.42. The molecule has 1 aromatic carbocycles. The molecule has 1 aliphatic rings. The van der Waals surface area contributed by atoms with Crippen LogP contribution in [0.2, 0.25) is 0 Å². The quantitative estimate of drug-likeness (QED) is 0.816. The number of ether oxygens (including phenoxy) is 1. The molecule has 0 spiro atoms. The summed E-state index contributed by atoms with van der Waals surface area (Å²) >= 11 is 1.31. The predicted molar refractivity (Wildman–Crippen MR) is 97.2 cm³/mol. The first-order valence-electron chi connectivity index (χ1n) is 7.91. The summed E-state index contributed by atoms with van der Waals surface area (Å²) in [5.41, 5.74) is 2.13. The monoisotopic (exact) mass is 366 g/mol. The van der Waals surface area contributed by atoms with Crippen molar-refractivity contribution in [3.63, 3.8) is 0 Å². The molecule has 0 N–H and O–H groups in total. The van der Waals surface area contributed by atoms with Gasteiger partial charge in [0.05, 0.1) is 13.2 Å². The van der Waals surface area contributed by atoms with Gasteiger partial charge in [0.25, 0.3) is 10.0 Å². The Kier molecular flexibility index (Phi) is 5.24. The smallest absolute Gasteiger partial charge is 0.252 e. The number of rotatable bonds is 5. The third-order valence-electron chi connectivity index (χ3n) is 4.10. The SMILES string of the molecule is Cc1ccc(S(=O)(=O)N(C)Cc2ccc(N3CCOCC3)cc2)s1. The Morgan fingerprint density at radius 1 is 1.12 bits per heavy atom. The van der Waals surface area contributed by atoms with Gasteiger partial charge in [-0.2, -0.15) is 4.31 Å². The predicted octanol–water partition coefficient (Wildman–Crippen LogP) is 2.71. The lowest BCUT2D eigenvalue weighted by Gasteiger charge is -2.29. The van der Waals surface area contributed by atoms with E-state index < -0.39 is 10.0 Å². The zero-order valence-corrected chi connectivity index (χ0v) is 15.6. The van der Waals surface area contributed by atoms with Gasteiger partial charge in [0.15, 0.2) is 0 Å². The molecule has 5 nitrogen and oxygen atoms in total. The van der Waals surface area contributed by atoms with Crippen LogP contribution in [-0.4, -0.2) is 46.1 Å². The molecular weight excluding hydrogens is 344 g/mol. The topological polar surface area (TPSA) is 49.9 Å². The summed E-state index contributed by atoms with van der Waals surface area (Å²) in [4.78, 5) is 3.28. The largest absolute Gasteiger partial charge is 0.378 e. The van der Waals surface area contributed by atoms with Crippen molar-refractivity contribution < 1.29 is 13.2 Å². The molecule has 0 saturated carbocycles. The number of hydrogen-bond acceptors (Lipinski definition) is 5. The van der Waals surface area contributed by atoms with Gasteiger partial charge in [0, 0.05) is 37.2 Å². The summed E-state index contributed by atoms with van der Waals surface area (Å²) in [7, 11) is -1.80. The lowest BCUT2D eigenvalue weighted by atomic mass is 10.2. The molecule has 24 heavy (non-hydrogen) atoms. The summed E-state index contributed by atoms with van der Waals surface area (Å²) in [6, 6.07) is 11.6. The van der Waals surface area contributed by atoms with Gasteiger partial charge in [-0.1, -0.05) is 12.1 Å². The third-order valence-corrected chi connectivity index (χ3v) is 7.37. The van der Waals surface area contributed by atoms with Crippen LogP contribution in [0.1, 0.15) is 10.4 Å². The second-order valence-electron chi connectivity index (χ2n) is 5.89. The molecule has 1 fully saturated rings. The average Bonchev–Trinajstić information content (AvgIpc) is 3.03. The van der Waals surface area contributed by atoms with Gasteiger partial charge < -0.3 is 9.64 Å². The molecule has 2 heterocycles. The van der Waals surface area contributed by atoms with E-state index in [2.05, 4.69) is 17.0 Å². The second-order valence-corrected chi connectivity index (χ2v) is 9.45. The van der Waals surface area contributed by atoms with Crippen LogP contribution in [-0.2, 0) is 21.3 Å². The van der Waals surface area contributed by atoms with Crippen molar-refractivity contribution in [3.05, 3.63) is 46.8 Å². The lowest BCUT2D eigenvalue weighted by Crippen LogP contribution is -2.36. The molecule has 130 valence electrons. The lowest BCUT2D eigenvalue weighted by molar-refractivity contribution is 0.122. The molecule has 1 aliphatic heterocycles. The van der Waals surface area contributed by atoms with E-state index in [0.717, 1.165) is 42.4 Å². The Labute approximate surface area is 147 Å². The molecule has 7 heteroatoms. The molecule has 3 rings (SSSR count). The van der Waals surface area contributed by atoms with E-state index in [4.69, 9.17) is 4.74 Å². The summed E-state index contributed by atoms with van der Waals surface area (Å²) in [5.74, 6) is 0. The fourth-order valence-corrected chi connectivity index (χ4v) is 5.33. The first kappa shape index (κ1) is 17.4. The minimum Gasteiger partial charge on any atom is -0.378 e. The highest BCUT2D eigenvalue weighted by molar-refractivity contribution is 7.91. The van der Waals surface area contributed by atoms with Gasteiger partial charge in [0.2, 0.25) is 0 Å². The van der Waals surface area contributed by atoms with Crippen molar-refractivity contribution in [1.82, 2.24) is 4.31 Å². The first-order chi connectivity index (χ1) is 11.5. The van der Waals surface area contributed by atoms with E-state index in [1.807, 2.05) is 25.1 Å². The van der Waals surface area contributed by atoms with Crippen molar-refractivity contribution in [2.45, 2.75) is 17.7 Å². The highest BCUT2D eigenvalue weighted by Gasteiger charge is 2.22. The highest BCUT2D eigenvalue weighted by Crippen LogP contribution is 2.25. The molecule has 1 aromatic heterocycles. The number of sulfonamides is 1. The van der Waals surface area contributed by atoms with Crippen molar-refractivity contribution in [2.24, 2.45) is 0 Å². The molecule has 1 saturated heterocycles. The Balaban J connectivity index is 1.69. The fourth-order valence-electron chi connectivity index (χ4n) is 2.68. The van der Waals surface area contributed by atoms with E-state index in [0.29, 0.717) is 10.8 Å². The summed E-state index contributed by atoms with van der Waals surface area (Å²) in [6.07, 6.45) is 0. The summed E-state index contributed by atoms with van der Waals surface area (Å²) in [5, 5.41) is 0. The molecular formula is C17H22N2O3S2. The van der Waals surface area contributed by atoms with Crippen LogP contribution in [0, 0.1) is 6.92 Å². The highest BCUT2D eigenvalue weighted by atomic mass is 32.2. The molecule has 0 bridgehead atoms. The van der Waals surface area contributed by atoms with E-state index in [-0.39, 0.29) is 0 Å². The number of hydrogen-bond donors (Lipinski definition) is 0. The van der Waals surface area contributed by atoms with E-state index >= 15 is 0 Å². The minimum absolute atomic E-state index is 0.364. The number of thiophene rings is 1. The van der Waals surface area contributed by atoms with E-state index in [9.17, 15) is 8.42 Å². The van der Waals surface area contributed by atoms with Crippen LogP contribution in [0.15, 0.2) is 40.6 Å². The van der Waals surface area contributed by atoms with E-state index in [1.165, 1.54) is 15.6 Å². The molecule has 2 aromatic rings. The number of benzene rings is 1. The molecule has 0 amide bonds. The first-order valence-corrected chi connectivity index (χ1v) is 10.2. The Morgan fingerprint density at radius 2 is 1.79 bits per heavy atom. The normalized spacial score (nSPS) is 15.9. The Hall–Kier alpha value is -1.41. The number of nitrogens with zero attached hydrogens (tertiary/aromatic N) is 2. The number of anilines is 1. The van der Waals surface area contributed by atoms with Crippen LogP contribution < -0.4 is 4.90 Å². The third kappa shape index (κ3) is 3.80. The van der Waals surface area contributed by atoms with Crippen LogP contribution in [0.4, 0.5) is 5.69 Å². The van der Waals surface area contributed by atoms with Gasteiger partial charge in [-0.3, -0.25) is 0 Å². The van der Waals surface area contributed by atoms with Gasteiger partial charge in [-0.15, -0.1) is 11.3 Å². The maximum absolute atomic E-state index is 12.6. The van der Waals surface area contributed by atoms with E-state index in [1.54, 1.807) is 13.1 Å². The molecule has 0 radical (unpaired) electrons. The van der Waals surface area contributed by atoms with Gasteiger partial charge in [-0.05, 0) is 36.8 Å². The van der Waals surface area contributed by atoms with Gasteiger partial charge >= 0.3 is 0 Å². The Bertz CT molecular complexity index is 778. The standard InChI is InChI=1S/C17H22N2O3S2/c1-14-3-8-17(23-14)24(20,21)18(2)13-15-4-6-16(7-5-15)19-9-11-22-12-10-19/h3-8H,9-13H2,1-2H3. The van der Waals surface area contributed by atoms with Gasteiger partial charge in [0.1, 0.15) is 4.21 Å². The Morgan fingerprint density at radius 3 is 2.38 bits per heavy atom. The fraction of sp³-hybridized carbons (Fsp3) is 0.412. The van der Waals surface area contributed by atoms with Crippen LogP contribution in [0.25, 0.3) is 0 Å². The van der Waals surface area contributed by atoms with Gasteiger partial charge in [-0.25, -0.2) is 8.42 Å². The maximum atomic E-state index is 12.6. The zero-order chi connectivity index (χ0) is 17.2. The van der Waals surface area contributed by atoms with Crippen molar-refractivity contribution in [2.75, 3.05) is 38.3 Å². The summed E-state index contributed by atoms with van der Waals surface area (Å²) < 4.78 is 32.3. The van der Waals surface area contributed by atoms with Crippen LogP contribution in [0.5, 0.6) is 0 Å². The second kappa shape index (κ2) is 7.23. The molecule has 0 aliphatic carbocycles. The molecule has 0 unspecified atom stereocenters. The van der Waals surface area contributed by atoms with Crippen LogP contribution in [0.3, 0.4) is 0 Å².